The summed E-state index contributed by atoms with van der Waals surface area (Å²) in [5, 5.41) is 5.33. The standard InChI is InChI=1S/C22H24F3N3O2/c23-17-4-1-5-19(11-17)27-22(30)28-10-2-3-15(14-28)6-9-21(29)26-13-16-7-8-18(24)12-20(16)25/h1,4-5,7-8,11-12,15H,2-3,6,9-10,13-14H2,(H,26,29)(H,27,30)/t15-/m1/s1. The van der Waals surface area contributed by atoms with Crippen molar-refractivity contribution in [2.24, 2.45) is 5.92 Å². The average molecular weight is 419 g/mol. The van der Waals surface area contributed by atoms with Gasteiger partial charge in [-0.25, -0.2) is 18.0 Å². The molecule has 0 radical (unpaired) electrons. The number of nitrogens with zero attached hydrogens (tertiary/aromatic N) is 1. The van der Waals surface area contributed by atoms with Gasteiger partial charge in [-0.1, -0.05) is 12.1 Å². The molecular formula is C22H24F3N3O2. The van der Waals surface area contributed by atoms with Crippen LogP contribution in [0.4, 0.5) is 23.7 Å². The summed E-state index contributed by atoms with van der Waals surface area (Å²) in [6.45, 7) is 1.12. The summed E-state index contributed by atoms with van der Waals surface area (Å²) < 4.78 is 39.8. The van der Waals surface area contributed by atoms with Crippen LogP contribution >= 0.6 is 0 Å². The molecule has 1 atom stereocenters. The molecule has 0 aliphatic carbocycles. The second-order valence-electron chi connectivity index (χ2n) is 7.45. The number of rotatable bonds is 6. The smallest absolute Gasteiger partial charge is 0.321 e. The molecule has 2 N–H and O–H groups in total. The van der Waals surface area contributed by atoms with Crippen LogP contribution < -0.4 is 10.6 Å². The van der Waals surface area contributed by atoms with E-state index in [1.165, 1.54) is 24.3 Å². The van der Waals surface area contributed by atoms with Crippen molar-refractivity contribution < 1.29 is 22.8 Å². The Morgan fingerprint density at radius 1 is 1.07 bits per heavy atom. The molecule has 0 bridgehead atoms. The zero-order valence-corrected chi connectivity index (χ0v) is 16.5. The van der Waals surface area contributed by atoms with Crippen molar-refractivity contribution in [3.8, 4) is 0 Å². The highest BCUT2D eigenvalue weighted by Crippen LogP contribution is 2.22. The highest BCUT2D eigenvalue weighted by atomic mass is 19.1. The molecular weight excluding hydrogens is 395 g/mol. The SMILES string of the molecule is O=C(CC[C@H]1CCCN(C(=O)Nc2cccc(F)c2)C1)NCc1ccc(F)cc1F. The summed E-state index contributed by atoms with van der Waals surface area (Å²) in [6, 6.07) is 8.67. The van der Waals surface area contributed by atoms with Gasteiger partial charge in [0.2, 0.25) is 5.91 Å². The van der Waals surface area contributed by atoms with Gasteiger partial charge in [0.25, 0.3) is 0 Å². The molecule has 0 spiro atoms. The van der Waals surface area contributed by atoms with Crippen LogP contribution in [0.2, 0.25) is 0 Å². The van der Waals surface area contributed by atoms with E-state index in [0.717, 1.165) is 25.0 Å². The van der Waals surface area contributed by atoms with E-state index in [9.17, 15) is 22.8 Å². The molecule has 0 aromatic heterocycles. The van der Waals surface area contributed by atoms with E-state index in [-0.39, 0.29) is 36.4 Å². The predicted octanol–water partition coefficient (Wildman–Crippen LogP) is 4.44. The summed E-state index contributed by atoms with van der Waals surface area (Å²) in [6.07, 6.45) is 2.58. The molecule has 2 aromatic carbocycles. The van der Waals surface area contributed by atoms with Gasteiger partial charge >= 0.3 is 6.03 Å². The number of likely N-dealkylation sites (tertiary alicyclic amines) is 1. The molecule has 8 heteroatoms. The second-order valence-corrected chi connectivity index (χ2v) is 7.45. The summed E-state index contributed by atoms with van der Waals surface area (Å²) in [4.78, 5) is 26.2. The van der Waals surface area contributed by atoms with Crippen molar-refractivity contribution in [1.29, 1.82) is 0 Å². The van der Waals surface area contributed by atoms with Crippen molar-refractivity contribution >= 4 is 17.6 Å². The van der Waals surface area contributed by atoms with Gasteiger partial charge in [-0.3, -0.25) is 4.79 Å². The lowest BCUT2D eigenvalue weighted by Gasteiger charge is -2.32. The van der Waals surface area contributed by atoms with Gasteiger partial charge in [0, 0.05) is 43.4 Å². The molecule has 1 aliphatic heterocycles. The molecule has 5 nitrogen and oxygen atoms in total. The monoisotopic (exact) mass is 419 g/mol. The summed E-state index contributed by atoms with van der Waals surface area (Å²) in [7, 11) is 0. The third kappa shape index (κ3) is 6.23. The Bertz CT molecular complexity index is 907. The molecule has 30 heavy (non-hydrogen) atoms. The number of carbonyl (C=O) groups is 2. The number of carbonyl (C=O) groups excluding carboxylic acids is 2. The Balaban J connectivity index is 1.43. The zero-order valence-electron chi connectivity index (χ0n) is 16.5. The van der Waals surface area contributed by atoms with E-state index in [0.29, 0.717) is 25.2 Å². The molecule has 3 amide bonds. The molecule has 1 saturated heterocycles. The fraction of sp³-hybridized carbons (Fsp3) is 0.364. The Hall–Kier alpha value is -3.03. The van der Waals surface area contributed by atoms with Crippen LogP contribution in [-0.4, -0.2) is 29.9 Å². The molecule has 1 aliphatic rings. The number of benzene rings is 2. The lowest BCUT2D eigenvalue weighted by molar-refractivity contribution is -0.121. The number of halogens is 3. The highest BCUT2D eigenvalue weighted by Gasteiger charge is 2.24. The van der Waals surface area contributed by atoms with Crippen LogP contribution in [-0.2, 0) is 11.3 Å². The highest BCUT2D eigenvalue weighted by molar-refractivity contribution is 5.89. The molecule has 160 valence electrons. The number of amides is 3. The predicted molar refractivity (Wildman–Crippen MR) is 107 cm³/mol. The Morgan fingerprint density at radius 2 is 1.87 bits per heavy atom. The van der Waals surface area contributed by atoms with Gasteiger partial charge in [0.15, 0.2) is 0 Å². The maximum atomic E-state index is 13.6. The normalized spacial score (nSPS) is 16.2. The van der Waals surface area contributed by atoms with E-state index in [4.69, 9.17) is 0 Å². The van der Waals surface area contributed by atoms with Crippen molar-refractivity contribution in [2.75, 3.05) is 18.4 Å². The Kier molecular flexibility index (Phi) is 7.32. The van der Waals surface area contributed by atoms with E-state index < -0.39 is 17.5 Å². The number of hydrogen-bond donors (Lipinski definition) is 2. The quantitative estimate of drug-likeness (QED) is 0.727. The maximum Gasteiger partial charge on any atom is 0.321 e. The topological polar surface area (TPSA) is 61.4 Å². The Labute approximate surface area is 173 Å². The van der Waals surface area contributed by atoms with E-state index in [1.807, 2.05) is 0 Å². The summed E-state index contributed by atoms with van der Waals surface area (Å²) in [5.74, 6) is -1.82. The van der Waals surface area contributed by atoms with Crippen molar-refractivity contribution in [1.82, 2.24) is 10.2 Å². The molecule has 3 rings (SSSR count). The number of piperidine rings is 1. The first kappa shape index (κ1) is 21.7. The molecule has 2 aromatic rings. The van der Waals surface area contributed by atoms with Gasteiger partial charge in [0.05, 0.1) is 0 Å². The van der Waals surface area contributed by atoms with Crippen LogP contribution in [0.3, 0.4) is 0 Å². The number of nitrogens with one attached hydrogen (secondary N) is 2. The zero-order chi connectivity index (χ0) is 21.5. The molecule has 1 fully saturated rings. The lowest BCUT2D eigenvalue weighted by atomic mass is 9.93. The minimum absolute atomic E-state index is 0.00220. The van der Waals surface area contributed by atoms with Crippen molar-refractivity contribution in [3.05, 3.63) is 65.5 Å². The first-order chi connectivity index (χ1) is 14.4. The molecule has 0 saturated carbocycles. The Morgan fingerprint density at radius 3 is 2.63 bits per heavy atom. The van der Waals surface area contributed by atoms with Gasteiger partial charge in [-0.15, -0.1) is 0 Å². The van der Waals surface area contributed by atoms with Crippen LogP contribution in [0.15, 0.2) is 42.5 Å². The van der Waals surface area contributed by atoms with E-state index in [1.54, 1.807) is 11.0 Å². The summed E-state index contributed by atoms with van der Waals surface area (Å²) >= 11 is 0. The van der Waals surface area contributed by atoms with Gasteiger partial charge < -0.3 is 15.5 Å². The molecule has 0 unspecified atom stereocenters. The lowest BCUT2D eigenvalue weighted by Crippen LogP contribution is -2.42. The van der Waals surface area contributed by atoms with Crippen molar-refractivity contribution in [2.45, 2.75) is 32.2 Å². The van der Waals surface area contributed by atoms with Crippen LogP contribution in [0.5, 0.6) is 0 Å². The third-order valence-corrected chi connectivity index (χ3v) is 5.15. The van der Waals surface area contributed by atoms with Crippen LogP contribution in [0, 0.1) is 23.4 Å². The number of hydrogen-bond acceptors (Lipinski definition) is 2. The summed E-state index contributed by atoms with van der Waals surface area (Å²) in [5.41, 5.74) is 0.622. The number of urea groups is 1. The molecule has 1 heterocycles. The maximum absolute atomic E-state index is 13.6. The van der Waals surface area contributed by atoms with Gasteiger partial charge in [-0.05, 0) is 49.4 Å². The largest absolute Gasteiger partial charge is 0.352 e. The minimum Gasteiger partial charge on any atom is -0.352 e. The van der Waals surface area contributed by atoms with Gasteiger partial charge in [-0.2, -0.15) is 0 Å². The van der Waals surface area contributed by atoms with Crippen LogP contribution in [0.1, 0.15) is 31.2 Å². The fourth-order valence-corrected chi connectivity index (χ4v) is 3.54. The second kappa shape index (κ2) is 10.1. The first-order valence-corrected chi connectivity index (χ1v) is 9.93. The fourth-order valence-electron chi connectivity index (χ4n) is 3.54. The number of anilines is 1. The average Bonchev–Trinajstić information content (AvgIpc) is 2.72. The first-order valence-electron chi connectivity index (χ1n) is 9.93. The minimum atomic E-state index is -0.692. The van der Waals surface area contributed by atoms with E-state index >= 15 is 0 Å². The van der Waals surface area contributed by atoms with Crippen LogP contribution in [0.25, 0.3) is 0 Å². The van der Waals surface area contributed by atoms with E-state index in [2.05, 4.69) is 10.6 Å². The van der Waals surface area contributed by atoms with Crippen molar-refractivity contribution in [3.63, 3.8) is 0 Å². The van der Waals surface area contributed by atoms with Gasteiger partial charge in [0.1, 0.15) is 17.5 Å². The third-order valence-electron chi connectivity index (χ3n) is 5.15.